The number of nitro groups is 2. The number of rotatable bonds is 6. The van der Waals surface area contributed by atoms with Crippen molar-refractivity contribution in [3.63, 3.8) is 0 Å². The minimum absolute atomic E-state index is 0.295. The van der Waals surface area contributed by atoms with E-state index in [0.29, 0.717) is 23.6 Å². The van der Waals surface area contributed by atoms with Gasteiger partial charge < -0.3 is 0 Å². The highest BCUT2D eigenvalue weighted by molar-refractivity contribution is 8.92. The molecule has 26 heavy (non-hydrogen) atoms. The molecule has 0 amide bonds. The first-order chi connectivity index (χ1) is 11.9. The topological polar surface area (TPSA) is 170 Å². The first-order valence-corrected chi connectivity index (χ1v) is 12.0. The average Bonchev–Trinajstić information content (AvgIpc) is 2.52. The van der Waals surface area contributed by atoms with Crippen LogP contribution >= 0.6 is 20.1 Å². The van der Waals surface area contributed by atoms with Crippen molar-refractivity contribution in [1.82, 2.24) is 0 Å². The van der Waals surface area contributed by atoms with Gasteiger partial charge in [-0.3, -0.25) is 24.8 Å². The Morgan fingerprint density at radius 2 is 1.77 bits per heavy atom. The zero-order valence-corrected chi connectivity index (χ0v) is 15.7. The normalized spacial score (nSPS) is 22.8. The molecule has 1 atom stereocenters. The summed E-state index contributed by atoms with van der Waals surface area (Å²) < 4.78 is 37.8. The molecule has 2 rings (SSSR count). The van der Waals surface area contributed by atoms with Gasteiger partial charge in [-0.2, -0.15) is 12.7 Å². The lowest BCUT2D eigenvalue weighted by Gasteiger charge is -2.30. The number of nitro benzene ring substituents is 2. The quantitative estimate of drug-likeness (QED) is 0.307. The summed E-state index contributed by atoms with van der Waals surface area (Å²) >= 11 is 0. The van der Waals surface area contributed by atoms with Crippen LogP contribution in [0, 0.1) is 25.1 Å². The lowest BCUT2D eigenvalue weighted by atomic mass is 10.2. The van der Waals surface area contributed by atoms with E-state index in [-0.39, 0.29) is 4.92 Å². The van der Waals surface area contributed by atoms with Crippen molar-refractivity contribution in [2.24, 2.45) is 0 Å². The summed E-state index contributed by atoms with van der Waals surface area (Å²) in [6.45, 7) is 0. The van der Waals surface area contributed by atoms with Crippen LogP contribution in [0.15, 0.2) is 17.0 Å². The van der Waals surface area contributed by atoms with Crippen LogP contribution < -0.4 is 0 Å². The Balaban J connectivity index is 2.62. The van der Waals surface area contributed by atoms with E-state index < -0.39 is 51.3 Å². The van der Waals surface area contributed by atoms with Crippen LogP contribution in [0.4, 0.5) is 17.1 Å². The van der Waals surface area contributed by atoms with Crippen molar-refractivity contribution in [1.29, 1.82) is 0 Å². The van der Waals surface area contributed by atoms with E-state index in [9.17, 15) is 38.1 Å². The fourth-order valence-electron chi connectivity index (χ4n) is 2.23. The third-order valence-electron chi connectivity index (χ3n) is 3.36. The molecule has 1 fully saturated rings. The molecule has 15 heteroatoms. The highest BCUT2D eigenvalue weighted by atomic mass is 33.2. The number of benzene rings is 1. The summed E-state index contributed by atoms with van der Waals surface area (Å²) in [6, 6.07) is 0.865. The Bertz CT molecular complexity index is 880. The van der Waals surface area contributed by atoms with Crippen LogP contribution in [0.25, 0.3) is 0 Å². The van der Waals surface area contributed by atoms with E-state index in [1.807, 2.05) is 0 Å². The van der Waals surface area contributed by atoms with Gasteiger partial charge >= 0.3 is 21.5 Å². The lowest BCUT2D eigenvalue weighted by molar-refractivity contribution is -0.697. The summed E-state index contributed by atoms with van der Waals surface area (Å²) in [7, 11) is -5.88. The van der Waals surface area contributed by atoms with Crippen molar-refractivity contribution in [3.8, 4) is 0 Å². The average molecular weight is 428 g/mol. The molecule has 1 aromatic carbocycles. The fraction of sp³-hybridized carbons (Fsp3) is 0.455. The Morgan fingerprint density at radius 3 is 2.23 bits per heavy atom. The molecule has 1 aliphatic heterocycles. The molecule has 0 bridgehead atoms. The summed E-state index contributed by atoms with van der Waals surface area (Å²) in [5, 5.41) is 22.1. The van der Waals surface area contributed by atoms with Crippen molar-refractivity contribution in [2.75, 3.05) is 17.8 Å². The molecule has 0 spiro atoms. The standard InChI is InChI=1S/C11H13N3O9S3/c1-25(5-3-2-4-24-25)23-14(19)10-7-8(12(15)16)6-9(13(17)18)11(10)26(20,21)22/h6-7H,2-5H2,1H3/p+1. The second-order valence-electron chi connectivity index (χ2n) is 5.29. The molecule has 1 N–H and O–H groups in total. The van der Waals surface area contributed by atoms with Gasteiger partial charge in [0.15, 0.2) is 0 Å². The smallest absolute Gasteiger partial charge is 0.281 e. The molecule has 1 saturated heterocycles. The molecular formula is C11H14N3O9S3+. The molecular weight excluding hydrogens is 414 g/mol. The van der Waals surface area contributed by atoms with Crippen LogP contribution in [0.3, 0.4) is 0 Å². The predicted octanol–water partition coefficient (Wildman–Crippen LogP) is 2.88. The zero-order valence-electron chi connectivity index (χ0n) is 13.3. The van der Waals surface area contributed by atoms with Crippen molar-refractivity contribution >= 4 is 47.3 Å². The van der Waals surface area contributed by atoms with Gasteiger partial charge in [0.25, 0.3) is 15.5 Å². The molecule has 0 radical (unpaired) electrons. The van der Waals surface area contributed by atoms with Crippen molar-refractivity contribution < 1.29 is 32.0 Å². The summed E-state index contributed by atoms with van der Waals surface area (Å²) in [6.07, 6.45) is 3.33. The maximum atomic E-state index is 12.4. The second-order valence-corrected chi connectivity index (χ2v) is 12.5. The first-order valence-electron chi connectivity index (χ1n) is 6.96. The molecule has 1 unspecified atom stereocenters. The van der Waals surface area contributed by atoms with E-state index in [1.54, 1.807) is 6.26 Å². The van der Waals surface area contributed by atoms with Gasteiger partial charge in [0.2, 0.25) is 0 Å². The molecule has 0 aromatic heterocycles. The minimum atomic E-state index is -5.24. The number of hydrogen-bond acceptors (Lipinski definition) is 9. The van der Waals surface area contributed by atoms with Crippen LogP contribution in [-0.4, -0.2) is 45.5 Å². The van der Waals surface area contributed by atoms with E-state index in [2.05, 4.69) is 0 Å². The van der Waals surface area contributed by atoms with E-state index in [0.717, 1.165) is 12.8 Å². The van der Waals surface area contributed by atoms with Gasteiger partial charge in [-0.15, -0.1) is 0 Å². The van der Waals surface area contributed by atoms with Gasteiger partial charge in [0.05, 0.1) is 20.8 Å². The summed E-state index contributed by atoms with van der Waals surface area (Å²) in [5.74, 6) is 1.23. The molecule has 1 heterocycles. The lowest BCUT2D eigenvalue weighted by Crippen LogP contribution is -2.16. The Morgan fingerprint density at radius 1 is 1.15 bits per heavy atom. The van der Waals surface area contributed by atoms with Gasteiger partial charge in [-0.05, 0) is 12.8 Å². The molecule has 0 aliphatic carbocycles. The minimum Gasteiger partial charge on any atom is -0.281 e. The molecule has 12 nitrogen and oxygen atoms in total. The third kappa shape index (κ3) is 4.40. The zero-order chi connectivity index (χ0) is 19.7. The van der Waals surface area contributed by atoms with Crippen LogP contribution in [0.5, 0.6) is 0 Å². The predicted molar refractivity (Wildman–Crippen MR) is 94.0 cm³/mol. The highest BCUT2D eigenvalue weighted by Crippen LogP contribution is 2.61. The maximum Gasteiger partial charge on any atom is 0.352 e. The van der Waals surface area contributed by atoms with Crippen LogP contribution in [-0.2, 0) is 14.4 Å². The third-order valence-corrected chi connectivity index (χ3v) is 9.41. The van der Waals surface area contributed by atoms with Gasteiger partial charge in [-0.1, -0.05) is 10.8 Å². The van der Waals surface area contributed by atoms with Gasteiger partial charge in [-0.25, -0.2) is 0 Å². The van der Waals surface area contributed by atoms with E-state index in [1.165, 1.54) is 10.8 Å². The second kappa shape index (κ2) is 7.34. The maximum absolute atomic E-state index is 12.4. The van der Waals surface area contributed by atoms with Crippen LogP contribution in [0.2, 0.25) is 0 Å². The highest BCUT2D eigenvalue weighted by Gasteiger charge is 2.43. The van der Waals surface area contributed by atoms with Gasteiger partial charge in [0, 0.05) is 27.1 Å². The first kappa shape index (κ1) is 20.3. The van der Waals surface area contributed by atoms with E-state index >= 15 is 0 Å². The van der Waals surface area contributed by atoms with Crippen LogP contribution in [0.1, 0.15) is 12.8 Å². The summed E-state index contributed by atoms with van der Waals surface area (Å²) in [4.78, 5) is 30.6. The van der Waals surface area contributed by atoms with E-state index in [4.69, 9.17) is 4.28 Å². The van der Waals surface area contributed by atoms with Crippen molar-refractivity contribution in [2.45, 2.75) is 17.7 Å². The largest absolute Gasteiger partial charge is 0.352 e. The van der Waals surface area contributed by atoms with Crippen molar-refractivity contribution in [3.05, 3.63) is 37.3 Å². The SMILES string of the molecule is CS1(O[N+](=O)c2cc([N+](=O)[O-])cc([N+](=O)[O-])c2S(=O)(=O)O)CCCCS1. The molecule has 144 valence electrons. The number of non-ortho nitro benzene ring substituents is 1. The molecule has 1 aromatic rings. The Hall–Kier alpha value is -1.97. The Labute approximate surface area is 152 Å². The Kier molecular flexibility index (Phi) is 5.74. The molecule has 1 aliphatic rings. The number of hydrogen-bond donors (Lipinski definition) is 1. The van der Waals surface area contributed by atoms with Gasteiger partial charge in [0.1, 0.15) is 6.07 Å². The molecule has 0 saturated carbocycles. The number of nitrogens with zero attached hydrogens (tertiary/aromatic N) is 3. The fourth-order valence-corrected chi connectivity index (χ4v) is 7.44. The monoisotopic (exact) mass is 428 g/mol. The summed E-state index contributed by atoms with van der Waals surface area (Å²) in [5.41, 5.74) is -3.20.